The summed E-state index contributed by atoms with van der Waals surface area (Å²) in [5.74, 6) is -2.81. The molecule has 3 N–H and O–H groups in total. The van der Waals surface area contributed by atoms with Crippen LogP contribution in [0.4, 0.5) is 14.6 Å². The Morgan fingerprint density at radius 1 is 1.08 bits per heavy atom. The number of amides is 1. The van der Waals surface area contributed by atoms with E-state index in [9.17, 15) is 22.0 Å². The number of carbonyl (C=O) groups is 1. The summed E-state index contributed by atoms with van der Waals surface area (Å²) < 4.78 is 56.1. The molecule has 0 unspecified atom stereocenters. The number of hydrogen-bond donors (Lipinski definition) is 3. The normalized spacial score (nSPS) is 16.8. The van der Waals surface area contributed by atoms with Gasteiger partial charge >= 0.3 is 0 Å². The zero-order chi connectivity index (χ0) is 27.3. The maximum atomic E-state index is 14.4. The Kier molecular flexibility index (Phi) is 8.37. The summed E-state index contributed by atoms with van der Waals surface area (Å²) in [4.78, 5) is 20.0. The number of nitrogens with one attached hydrogen (secondary N) is 3. The van der Waals surface area contributed by atoms with Crippen molar-refractivity contribution < 1.29 is 22.0 Å². The van der Waals surface area contributed by atoms with Gasteiger partial charge in [0.2, 0.25) is 11.9 Å². The van der Waals surface area contributed by atoms with E-state index < -0.39 is 38.4 Å². The Morgan fingerprint density at radius 3 is 2.55 bits per heavy atom. The fourth-order valence-electron chi connectivity index (χ4n) is 4.60. The van der Waals surface area contributed by atoms with Gasteiger partial charge in [0.25, 0.3) is 15.9 Å². The molecule has 0 spiro atoms. The van der Waals surface area contributed by atoms with Crippen LogP contribution in [0.5, 0.6) is 0 Å². The number of hydrogen-bond acceptors (Lipinski definition) is 7. The molecule has 38 heavy (non-hydrogen) atoms. The van der Waals surface area contributed by atoms with E-state index in [1.807, 2.05) is 4.72 Å². The molecule has 0 saturated carbocycles. The second-order valence-corrected chi connectivity index (χ2v) is 11.8. The van der Waals surface area contributed by atoms with Crippen LogP contribution >= 0.6 is 0 Å². The van der Waals surface area contributed by atoms with Gasteiger partial charge in [-0.05, 0) is 69.3 Å². The van der Waals surface area contributed by atoms with Crippen molar-refractivity contribution in [2.75, 3.05) is 18.4 Å². The number of carbonyl (C=O) groups excluding carboxylic acids is 1. The van der Waals surface area contributed by atoms with Crippen LogP contribution in [0.3, 0.4) is 0 Å². The number of aromatic nitrogens is 2. The minimum absolute atomic E-state index is 0.0404. The lowest BCUT2D eigenvalue weighted by atomic mass is 9.94. The van der Waals surface area contributed by atoms with Crippen LogP contribution < -0.4 is 15.4 Å². The van der Waals surface area contributed by atoms with Crippen molar-refractivity contribution in [1.82, 2.24) is 20.0 Å². The number of anilines is 1. The van der Waals surface area contributed by atoms with Crippen molar-refractivity contribution in [2.45, 2.75) is 50.1 Å². The van der Waals surface area contributed by atoms with Crippen molar-refractivity contribution in [3.8, 4) is 0 Å². The number of halogens is 2. The highest BCUT2D eigenvalue weighted by Crippen LogP contribution is 2.26. The SMILES string of the molecule is CC1(C)C[C@H](CCCNc2cccc(S(=O)(=O)NC(=O)c3cc(Cc4ccccc4)c(F)nc3F)n2)CN1. The molecule has 1 aliphatic rings. The van der Waals surface area contributed by atoms with Gasteiger partial charge in [-0.15, -0.1) is 0 Å². The maximum absolute atomic E-state index is 14.4. The number of nitrogens with zero attached hydrogens (tertiary/aromatic N) is 2. The molecule has 1 saturated heterocycles. The van der Waals surface area contributed by atoms with Gasteiger partial charge in [-0.3, -0.25) is 4.79 Å². The van der Waals surface area contributed by atoms with Gasteiger partial charge in [0.05, 0.1) is 5.56 Å². The highest BCUT2D eigenvalue weighted by molar-refractivity contribution is 7.90. The largest absolute Gasteiger partial charge is 0.370 e. The van der Waals surface area contributed by atoms with E-state index in [4.69, 9.17) is 0 Å². The predicted molar refractivity (Wildman–Crippen MR) is 140 cm³/mol. The van der Waals surface area contributed by atoms with Crippen LogP contribution in [0, 0.1) is 17.8 Å². The summed E-state index contributed by atoms with van der Waals surface area (Å²) in [5, 5.41) is 6.20. The standard InChI is InChI=1S/C27H31F2N5O3S/c1-27(2)16-19(17-31-27)10-7-13-30-22-11-6-12-23(32-22)38(36,37)34-26(35)21-15-20(24(28)33-25(21)29)14-18-8-4-3-5-9-18/h3-6,8-9,11-12,15,19,31H,7,10,13-14,16-17H2,1-2H3,(H,30,32)(H,34,35)/t19-/m0/s1. The molecule has 202 valence electrons. The summed E-state index contributed by atoms with van der Waals surface area (Å²) in [5.41, 5.74) is 0.153. The van der Waals surface area contributed by atoms with Crippen molar-refractivity contribution >= 4 is 21.7 Å². The van der Waals surface area contributed by atoms with Gasteiger partial charge in [0, 0.05) is 24.1 Å². The Morgan fingerprint density at radius 2 is 1.84 bits per heavy atom. The van der Waals surface area contributed by atoms with E-state index in [1.165, 1.54) is 12.1 Å². The summed E-state index contributed by atoms with van der Waals surface area (Å²) >= 11 is 0. The summed E-state index contributed by atoms with van der Waals surface area (Å²) in [6.45, 7) is 5.96. The highest BCUT2D eigenvalue weighted by atomic mass is 32.2. The van der Waals surface area contributed by atoms with Crippen molar-refractivity contribution in [2.24, 2.45) is 5.92 Å². The van der Waals surface area contributed by atoms with Crippen LogP contribution in [-0.2, 0) is 16.4 Å². The van der Waals surface area contributed by atoms with Crippen molar-refractivity contribution in [3.05, 3.63) is 83.2 Å². The Hall–Kier alpha value is -3.44. The van der Waals surface area contributed by atoms with E-state index in [1.54, 1.807) is 36.4 Å². The molecular weight excluding hydrogens is 512 g/mol. The van der Waals surface area contributed by atoms with Crippen LogP contribution in [0.1, 0.15) is 54.6 Å². The maximum Gasteiger partial charge on any atom is 0.281 e. The lowest BCUT2D eigenvalue weighted by Gasteiger charge is -2.17. The molecule has 1 aliphatic heterocycles. The van der Waals surface area contributed by atoms with Gasteiger partial charge in [0.15, 0.2) is 5.03 Å². The monoisotopic (exact) mass is 543 g/mol. The number of sulfonamides is 1. The third-order valence-corrected chi connectivity index (χ3v) is 7.71. The molecule has 1 aromatic carbocycles. The summed E-state index contributed by atoms with van der Waals surface area (Å²) in [7, 11) is -4.43. The first-order chi connectivity index (χ1) is 18.0. The van der Waals surface area contributed by atoms with E-state index in [0.29, 0.717) is 18.3 Å². The average Bonchev–Trinajstić information content (AvgIpc) is 3.22. The number of pyridine rings is 2. The average molecular weight is 544 g/mol. The summed E-state index contributed by atoms with van der Waals surface area (Å²) in [6, 6.07) is 14.1. The van der Waals surface area contributed by atoms with Gasteiger partial charge in [0.1, 0.15) is 5.82 Å². The molecule has 0 bridgehead atoms. The predicted octanol–water partition coefficient (Wildman–Crippen LogP) is 4.04. The molecule has 3 heterocycles. The molecule has 1 amide bonds. The molecular formula is C27H31F2N5O3S. The van der Waals surface area contributed by atoms with Gasteiger partial charge in [-0.25, -0.2) is 9.71 Å². The molecule has 1 fully saturated rings. The first-order valence-electron chi connectivity index (χ1n) is 12.4. The van der Waals surface area contributed by atoms with Crippen LogP contribution in [-0.4, -0.2) is 42.9 Å². The third kappa shape index (κ3) is 7.11. The Balaban J connectivity index is 1.39. The second kappa shape index (κ2) is 11.5. The Bertz CT molecular complexity index is 1400. The third-order valence-electron chi connectivity index (χ3n) is 6.47. The number of rotatable bonds is 10. The molecule has 3 aromatic rings. The van der Waals surface area contributed by atoms with E-state index in [2.05, 4.69) is 34.4 Å². The smallest absolute Gasteiger partial charge is 0.281 e. The lowest BCUT2D eigenvalue weighted by molar-refractivity contribution is 0.0976. The minimum Gasteiger partial charge on any atom is -0.370 e. The quantitative estimate of drug-likeness (QED) is 0.261. The van der Waals surface area contributed by atoms with Crippen LogP contribution in [0.15, 0.2) is 59.6 Å². The van der Waals surface area contributed by atoms with Crippen LogP contribution in [0.2, 0.25) is 0 Å². The molecule has 2 aromatic heterocycles. The molecule has 11 heteroatoms. The highest BCUT2D eigenvalue weighted by Gasteiger charge is 2.29. The minimum atomic E-state index is -4.43. The van der Waals surface area contributed by atoms with Crippen molar-refractivity contribution in [3.63, 3.8) is 0 Å². The lowest BCUT2D eigenvalue weighted by Crippen LogP contribution is -2.32. The van der Waals surface area contributed by atoms with E-state index in [0.717, 1.165) is 37.4 Å². The zero-order valence-corrected chi connectivity index (χ0v) is 22.1. The van der Waals surface area contributed by atoms with E-state index in [-0.39, 0.29) is 17.5 Å². The van der Waals surface area contributed by atoms with Gasteiger partial charge < -0.3 is 10.6 Å². The van der Waals surface area contributed by atoms with Gasteiger partial charge in [-0.2, -0.15) is 22.2 Å². The topological polar surface area (TPSA) is 113 Å². The van der Waals surface area contributed by atoms with Gasteiger partial charge in [-0.1, -0.05) is 36.4 Å². The first kappa shape index (κ1) is 27.6. The fraction of sp³-hybridized carbons (Fsp3) is 0.370. The number of benzene rings is 1. The van der Waals surface area contributed by atoms with Crippen LogP contribution in [0.25, 0.3) is 0 Å². The zero-order valence-electron chi connectivity index (χ0n) is 21.3. The molecule has 8 nitrogen and oxygen atoms in total. The molecule has 1 atom stereocenters. The molecule has 0 aliphatic carbocycles. The van der Waals surface area contributed by atoms with Crippen molar-refractivity contribution in [1.29, 1.82) is 0 Å². The fourth-order valence-corrected chi connectivity index (χ4v) is 5.54. The molecule has 0 radical (unpaired) electrons. The summed E-state index contributed by atoms with van der Waals surface area (Å²) in [6.07, 6.45) is 3.08. The van der Waals surface area contributed by atoms with E-state index >= 15 is 0 Å². The first-order valence-corrected chi connectivity index (χ1v) is 13.9. The molecule has 4 rings (SSSR count). The second-order valence-electron chi connectivity index (χ2n) is 10.1. The Labute approximate surface area is 221 Å².